The summed E-state index contributed by atoms with van der Waals surface area (Å²) in [5.41, 5.74) is 1.35. The van der Waals surface area contributed by atoms with Crippen LogP contribution in [0.2, 0.25) is 0 Å². The molecule has 2 aliphatic rings. The Balaban J connectivity index is 1.60. The Kier molecular flexibility index (Phi) is 8.39. The highest BCUT2D eigenvalue weighted by Crippen LogP contribution is 2.33. The van der Waals surface area contributed by atoms with Crippen molar-refractivity contribution in [2.45, 2.75) is 26.0 Å². The van der Waals surface area contributed by atoms with Gasteiger partial charge in [-0.15, -0.1) is 0 Å². The molecule has 0 saturated heterocycles. The first kappa shape index (κ1) is 27.2. The van der Waals surface area contributed by atoms with Crippen LogP contribution in [-0.2, 0) is 0 Å². The number of likely N-dealkylation sites (N-methyl/N-ethyl adjacent to an activating group) is 1. The third-order valence-corrected chi connectivity index (χ3v) is 6.57. The van der Waals surface area contributed by atoms with Crippen molar-refractivity contribution in [3.8, 4) is 29.2 Å². The number of aliphatic hydroxyl groups is 1. The predicted octanol–water partition coefficient (Wildman–Crippen LogP) is 1.72. The van der Waals surface area contributed by atoms with Crippen LogP contribution < -0.4 is 14.2 Å². The first-order valence-electron chi connectivity index (χ1n) is 12.5. The van der Waals surface area contributed by atoms with Gasteiger partial charge in [-0.25, -0.2) is 4.98 Å². The maximum Gasteiger partial charge on any atom is 0.259 e. The molecule has 0 aliphatic carbocycles. The Morgan fingerprint density at radius 2 is 2.00 bits per heavy atom. The molecule has 0 spiro atoms. The van der Waals surface area contributed by atoms with E-state index in [1.807, 2.05) is 25.9 Å². The molecule has 1 N–H and O–H groups in total. The molecule has 0 fully saturated rings. The number of carbonyl (C=O) groups excluding carboxylic acids is 2. The van der Waals surface area contributed by atoms with E-state index in [1.54, 1.807) is 54.2 Å². The van der Waals surface area contributed by atoms with Crippen LogP contribution in [-0.4, -0.2) is 103 Å². The molecular formula is C28H34N4O6. The second-order valence-corrected chi connectivity index (χ2v) is 9.99. The molecule has 0 bridgehead atoms. The third-order valence-electron chi connectivity index (χ3n) is 6.57. The summed E-state index contributed by atoms with van der Waals surface area (Å²) in [4.78, 5) is 36.4. The predicted molar refractivity (Wildman–Crippen MR) is 140 cm³/mol. The Morgan fingerprint density at radius 3 is 2.74 bits per heavy atom. The highest BCUT2D eigenvalue weighted by molar-refractivity contribution is 5.97. The third kappa shape index (κ3) is 6.01. The number of rotatable bonds is 6. The van der Waals surface area contributed by atoms with Crippen molar-refractivity contribution in [3.05, 3.63) is 47.2 Å². The molecule has 2 aliphatic heterocycles. The van der Waals surface area contributed by atoms with Crippen LogP contribution >= 0.6 is 0 Å². The van der Waals surface area contributed by atoms with E-state index >= 15 is 0 Å². The molecule has 38 heavy (non-hydrogen) atoms. The number of aliphatic hydroxyl groups excluding tert-OH is 1. The number of ether oxygens (including phenoxy) is 3. The fourth-order valence-electron chi connectivity index (χ4n) is 4.29. The first-order chi connectivity index (χ1) is 18.2. The van der Waals surface area contributed by atoms with Gasteiger partial charge in [0.25, 0.3) is 11.8 Å². The van der Waals surface area contributed by atoms with Crippen molar-refractivity contribution in [1.82, 2.24) is 19.7 Å². The lowest BCUT2D eigenvalue weighted by Crippen LogP contribution is -2.50. The zero-order chi connectivity index (χ0) is 27.4. The van der Waals surface area contributed by atoms with Gasteiger partial charge in [-0.3, -0.25) is 14.5 Å². The molecule has 2 amide bonds. The lowest BCUT2D eigenvalue weighted by molar-refractivity contribution is 0.0313. The van der Waals surface area contributed by atoms with E-state index in [1.165, 1.54) is 0 Å². The fourth-order valence-corrected chi connectivity index (χ4v) is 4.29. The van der Waals surface area contributed by atoms with Gasteiger partial charge in [-0.1, -0.05) is 18.8 Å². The average molecular weight is 523 g/mol. The Hall–Kier alpha value is -3.81. The van der Waals surface area contributed by atoms with Crippen molar-refractivity contribution in [1.29, 1.82) is 0 Å². The van der Waals surface area contributed by atoms with Crippen molar-refractivity contribution in [2.24, 2.45) is 5.92 Å². The minimum absolute atomic E-state index is 0.132. The number of hydrogen-bond acceptors (Lipinski definition) is 8. The van der Waals surface area contributed by atoms with Gasteiger partial charge >= 0.3 is 0 Å². The first-order valence-corrected chi connectivity index (χ1v) is 12.5. The fraction of sp³-hybridized carbons (Fsp3) is 0.464. The minimum Gasteiger partial charge on any atom is -0.472 e. The van der Waals surface area contributed by atoms with E-state index in [-0.39, 0.29) is 49.1 Å². The summed E-state index contributed by atoms with van der Waals surface area (Å²) in [5.74, 6) is 6.79. The number of carbonyl (C=O) groups is 2. The van der Waals surface area contributed by atoms with Gasteiger partial charge in [0.15, 0.2) is 11.5 Å². The normalized spacial score (nSPS) is 19.0. The summed E-state index contributed by atoms with van der Waals surface area (Å²) < 4.78 is 17.0. The molecule has 0 radical (unpaired) electrons. The standard InChI is InChI=1S/C28H34N4O6/c1-18-14-32(19(2)16-33)28(35)22-11-20(7-6-10-30(3)4)13-29-26(22)38-25(18)15-31(5)27(34)21-8-9-23-24(12-21)37-17-36-23/h8-9,11-13,18-19,25,33H,10,14-17H2,1-5H3/t18-,19+,25-/m1/s1. The van der Waals surface area contributed by atoms with E-state index in [0.29, 0.717) is 35.7 Å². The molecule has 2 aromatic rings. The lowest BCUT2D eigenvalue weighted by Gasteiger charge is -2.37. The van der Waals surface area contributed by atoms with Gasteiger partial charge in [0.05, 0.1) is 25.7 Å². The van der Waals surface area contributed by atoms with Crippen LogP contribution in [0.4, 0.5) is 0 Å². The molecule has 1 aromatic heterocycles. The topological polar surface area (TPSA) is 105 Å². The van der Waals surface area contributed by atoms with Crippen LogP contribution in [0.15, 0.2) is 30.5 Å². The highest BCUT2D eigenvalue weighted by Gasteiger charge is 2.35. The van der Waals surface area contributed by atoms with Crippen molar-refractivity contribution < 1.29 is 28.9 Å². The highest BCUT2D eigenvalue weighted by atomic mass is 16.7. The summed E-state index contributed by atoms with van der Waals surface area (Å²) in [5, 5.41) is 9.86. The van der Waals surface area contributed by atoms with Gasteiger partial charge < -0.3 is 29.1 Å². The van der Waals surface area contributed by atoms with Crippen molar-refractivity contribution >= 4 is 11.8 Å². The smallest absolute Gasteiger partial charge is 0.259 e. The van der Waals surface area contributed by atoms with E-state index in [9.17, 15) is 14.7 Å². The number of amides is 2. The number of fused-ring (bicyclic) bond motifs is 2. The molecule has 4 rings (SSSR count). The van der Waals surface area contributed by atoms with Gasteiger partial charge in [0, 0.05) is 36.8 Å². The minimum atomic E-state index is -0.462. The summed E-state index contributed by atoms with van der Waals surface area (Å²) in [6, 6.07) is 6.36. The number of aromatic nitrogens is 1. The van der Waals surface area contributed by atoms with Crippen molar-refractivity contribution in [3.63, 3.8) is 0 Å². The maximum absolute atomic E-state index is 13.5. The molecule has 1 aromatic carbocycles. The molecule has 3 heterocycles. The summed E-state index contributed by atoms with van der Waals surface area (Å²) in [6.45, 7) is 4.87. The zero-order valence-electron chi connectivity index (χ0n) is 22.4. The Morgan fingerprint density at radius 1 is 1.24 bits per heavy atom. The Labute approximate surface area is 223 Å². The molecule has 0 unspecified atom stereocenters. The molecule has 202 valence electrons. The van der Waals surface area contributed by atoms with Crippen LogP contribution in [0, 0.1) is 17.8 Å². The number of benzene rings is 1. The quantitative estimate of drug-likeness (QED) is 0.572. The lowest BCUT2D eigenvalue weighted by atomic mass is 9.99. The zero-order valence-corrected chi connectivity index (χ0v) is 22.4. The molecule has 0 saturated carbocycles. The monoisotopic (exact) mass is 522 g/mol. The van der Waals surface area contributed by atoms with Crippen LogP contribution in [0.25, 0.3) is 0 Å². The second kappa shape index (κ2) is 11.7. The Bertz CT molecular complexity index is 1250. The molecule has 10 nitrogen and oxygen atoms in total. The van der Waals surface area contributed by atoms with Gasteiger partial charge in [-0.05, 0) is 45.3 Å². The van der Waals surface area contributed by atoms with E-state index in [2.05, 4.69) is 16.8 Å². The van der Waals surface area contributed by atoms with E-state index in [0.717, 1.165) is 0 Å². The van der Waals surface area contributed by atoms with Gasteiger partial charge in [0.1, 0.15) is 11.7 Å². The van der Waals surface area contributed by atoms with Gasteiger partial charge in [-0.2, -0.15) is 0 Å². The molecule has 3 atom stereocenters. The number of pyridine rings is 1. The summed E-state index contributed by atoms with van der Waals surface area (Å²) in [6.07, 6.45) is 1.12. The molecule has 10 heteroatoms. The second-order valence-electron chi connectivity index (χ2n) is 9.99. The summed E-state index contributed by atoms with van der Waals surface area (Å²) >= 11 is 0. The molecular weight excluding hydrogens is 488 g/mol. The maximum atomic E-state index is 13.5. The SMILES string of the molecule is C[C@@H]1CN([C@@H](C)CO)C(=O)c2cc(C#CCN(C)C)cnc2O[C@@H]1CN(C)C(=O)c1ccc2c(c1)OCO2. The summed E-state index contributed by atoms with van der Waals surface area (Å²) in [7, 11) is 5.56. The van der Waals surface area contributed by atoms with Gasteiger partial charge in [0.2, 0.25) is 12.7 Å². The number of hydrogen-bond donors (Lipinski definition) is 1. The van der Waals surface area contributed by atoms with E-state index < -0.39 is 12.1 Å². The van der Waals surface area contributed by atoms with Crippen molar-refractivity contribution in [2.75, 3.05) is 54.2 Å². The average Bonchev–Trinajstić information content (AvgIpc) is 3.37. The van der Waals surface area contributed by atoms with Crippen LogP contribution in [0.5, 0.6) is 17.4 Å². The number of nitrogens with zero attached hydrogens (tertiary/aromatic N) is 4. The largest absolute Gasteiger partial charge is 0.472 e. The van der Waals surface area contributed by atoms with Crippen LogP contribution in [0.3, 0.4) is 0 Å². The van der Waals surface area contributed by atoms with E-state index in [4.69, 9.17) is 14.2 Å². The van der Waals surface area contributed by atoms with Crippen LogP contribution in [0.1, 0.15) is 40.1 Å².